The predicted molar refractivity (Wildman–Crippen MR) is 109 cm³/mol. The minimum atomic E-state index is -0.372. The Morgan fingerprint density at radius 3 is 2.30 bits per heavy atom. The van der Waals surface area contributed by atoms with Crippen LogP contribution >= 0.6 is 0 Å². The van der Waals surface area contributed by atoms with E-state index in [4.69, 9.17) is 0 Å². The second-order valence-corrected chi connectivity index (χ2v) is 6.61. The fourth-order valence-electron chi connectivity index (χ4n) is 2.73. The molecule has 1 atom stereocenters. The van der Waals surface area contributed by atoms with Crippen LogP contribution in [-0.2, 0) is 4.79 Å². The standard InChI is InChI=1S/C22H29N3O2/c1-3-13-23-14-15-24-21(26)16-20(18-7-5-4-6-8-18)25-22(27)19-11-9-17(2)10-12-19/h4-12,20,23H,3,13-16H2,1-2H3,(H,24,26)(H,25,27). The van der Waals surface area contributed by atoms with Crippen LogP contribution in [0.3, 0.4) is 0 Å². The van der Waals surface area contributed by atoms with Gasteiger partial charge < -0.3 is 16.0 Å². The van der Waals surface area contributed by atoms with Gasteiger partial charge in [0.1, 0.15) is 0 Å². The second-order valence-electron chi connectivity index (χ2n) is 6.61. The molecule has 0 saturated heterocycles. The summed E-state index contributed by atoms with van der Waals surface area (Å²) in [6, 6.07) is 16.6. The molecule has 2 amide bonds. The lowest BCUT2D eigenvalue weighted by atomic mass is 10.0. The summed E-state index contributed by atoms with van der Waals surface area (Å²) in [5, 5.41) is 9.15. The minimum Gasteiger partial charge on any atom is -0.355 e. The molecule has 5 heteroatoms. The summed E-state index contributed by atoms with van der Waals surface area (Å²) in [4.78, 5) is 24.9. The molecule has 2 rings (SSSR count). The summed E-state index contributed by atoms with van der Waals surface area (Å²) in [5.41, 5.74) is 2.60. The van der Waals surface area contributed by atoms with Gasteiger partial charge in [-0.05, 0) is 37.6 Å². The Balaban J connectivity index is 1.98. The molecule has 2 aromatic carbocycles. The summed E-state index contributed by atoms with van der Waals surface area (Å²) in [5.74, 6) is -0.257. The van der Waals surface area contributed by atoms with Crippen molar-refractivity contribution in [2.75, 3.05) is 19.6 Å². The van der Waals surface area contributed by atoms with E-state index >= 15 is 0 Å². The first-order chi connectivity index (χ1) is 13.1. The molecule has 1 unspecified atom stereocenters. The Morgan fingerprint density at radius 2 is 1.63 bits per heavy atom. The molecule has 0 fully saturated rings. The summed E-state index contributed by atoms with van der Waals surface area (Å²) in [6.07, 6.45) is 1.27. The molecule has 0 aromatic heterocycles. The Hall–Kier alpha value is -2.66. The maximum atomic E-state index is 12.6. The Morgan fingerprint density at radius 1 is 0.926 bits per heavy atom. The van der Waals surface area contributed by atoms with Crippen molar-refractivity contribution < 1.29 is 9.59 Å². The first-order valence-electron chi connectivity index (χ1n) is 9.50. The van der Waals surface area contributed by atoms with Crippen LogP contribution in [0.5, 0.6) is 0 Å². The number of hydrogen-bond acceptors (Lipinski definition) is 3. The van der Waals surface area contributed by atoms with Crippen LogP contribution in [-0.4, -0.2) is 31.4 Å². The minimum absolute atomic E-state index is 0.0774. The molecule has 5 nitrogen and oxygen atoms in total. The molecule has 2 aromatic rings. The monoisotopic (exact) mass is 367 g/mol. The van der Waals surface area contributed by atoms with Crippen LogP contribution in [0.25, 0.3) is 0 Å². The van der Waals surface area contributed by atoms with E-state index in [1.165, 1.54) is 0 Å². The SMILES string of the molecule is CCCNCCNC(=O)CC(NC(=O)c1ccc(C)cc1)c1ccccc1. The number of rotatable bonds is 10. The van der Waals surface area contributed by atoms with Crippen molar-refractivity contribution in [1.82, 2.24) is 16.0 Å². The number of benzene rings is 2. The first kappa shape index (κ1) is 20.6. The zero-order valence-electron chi connectivity index (χ0n) is 16.1. The third kappa shape index (κ3) is 7.23. The van der Waals surface area contributed by atoms with Crippen molar-refractivity contribution in [3.05, 3.63) is 71.3 Å². The number of carbonyl (C=O) groups excluding carboxylic acids is 2. The highest BCUT2D eigenvalue weighted by Crippen LogP contribution is 2.17. The van der Waals surface area contributed by atoms with E-state index in [0.29, 0.717) is 12.1 Å². The van der Waals surface area contributed by atoms with Crippen LogP contribution in [0.4, 0.5) is 0 Å². The molecular weight excluding hydrogens is 338 g/mol. The van der Waals surface area contributed by atoms with E-state index in [1.54, 1.807) is 12.1 Å². The molecule has 0 bridgehead atoms. The third-order valence-corrected chi connectivity index (χ3v) is 4.26. The number of hydrogen-bond donors (Lipinski definition) is 3. The van der Waals surface area contributed by atoms with E-state index < -0.39 is 0 Å². The lowest BCUT2D eigenvalue weighted by molar-refractivity contribution is -0.121. The topological polar surface area (TPSA) is 70.2 Å². The highest BCUT2D eigenvalue weighted by molar-refractivity contribution is 5.94. The number of aryl methyl sites for hydroxylation is 1. The van der Waals surface area contributed by atoms with Gasteiger partial charge in [-0.15, -0.1) is 0 Å². The van der Waals surface area contributed by atoms with Crippen LogP contribution < -0.4 is 16.0 Å². The van der Waals surface area contributed by atoms with Crippen molar-refractivity contribution >= 4 is 11.8 Å². The molecule has 0 aliphatic carbocycles. The molecule has 0 spiro atoms. The average molecular weight is 367 g/mol. The molecule has 0 aliphatic heterocycles. The van der Waals surface area contributed by atoms with E-state index in [-0.39, 0.29) is 24.3 Å². The Kier molecular flexibility index (Phi) is 8.52. The van der Waals surface area contributed by atoms with Gasteiger partial charge in [-0.25, -0.2) is 0 Å². The summed E-state index contributed by atoms with van der Waals surface area (Å²) in [7, 11) is 0. The molecule has 0 radical (unpaired) electrons. The smallest absolute Gasteiger partial charge is 0.251 e. The van der Waals surface area contributed by atoms with Gasteiger partial charge in [-0.2, -0.15) is 0 Å². The van der Waals surface area contributed by atoms with E-state index in [2.05, 4.69) is 22.9 Å². The van der Waals surface area contributed by atoms with Crippen LogP contribution in [0, 0.1) is 6.92 Å². The van der Waals surface area contributed by atoms with Gasteiger partial charge in [-0.3, -0.25) is 9.59 Å². The maximum absolute atomic E-state index is 12.6. The van der Waals surface area contributed by atoms with Crippen molar-refractivity contribution in [2.24, 2.45) is 0 Å². The van der Waals surface area contributed by atoms with Crippen molar-refractivity contribution in [2.45, 2.75) is 32.7 Å². The largest absolute Gasteiger partial charge is 0.355 e. The zero-order valence-corrected chi connectivity index (χ0v) is 16.1. The average Bonchev–Trinajstić information content (AvgIpc) is 2.68. The maximum Gasteiger partial charge on any atom is 0.251 e. The van der Waals surface area contributed by atoms with Gasteiger partial charge in [0, 0.05) is 18.7 Å². The highest BCUT2D eigenvalue weighted by atomic mass is 16.2. The first-order valence-corrected chi connectivity index (χ1v) is 9.50. The van der Waals surface area contributed by atoms with Crippen LogP contribution in [0.1, 0.15) is 47.3 Å². The summed E-state index contributed by atoms with van der Waals surface area (Å²) < 4.78 is 0. The Labute approximate surface area is 161 Å². The van der Waals surface area contributed by atoms with E-state index in [0.717, 1.165) is 30.6 Å². The van der Waals surface area contributed by atoms with Crippen LogP contribution in [0.15, 0.2) is 54.6 Å². The summed E-state index contributed by atoms with van der Waals surface area (Å²) >= 11 is 0. The third-order valence-electron chi connectivity index (χ3n) is 4.26. The van der Waals surface area contributed by atoms with Gasteiger partial charge >= 0.3 is 0 Å². The predicted octanol–water partition coefficient (Wildman–Crippen LogP) is 2.97. The quantitative estimate of drug-likeness (QED) is 0.566. The molecular formula is C22H29N3O2. The molecule has 0 aliphatic rings. The van der Waals surface area contributed by atoms with E-state index in [1.807, 2.05) is 49.4 Å². The lowest BCUT2D eigenvalue weighted by Crippen LogP contribution is -2.36. The fourth-order valence-corrected chi connectivity index (χ4v) is 2.73. The van der Waals surface area contributed by atoms with Gasteiger partial charge in [0.25, 0.3) is 5.91 Å². The summed E-state index contributed by atoms with van der Waals surface area (Å²) in [6.45, 7) is 6.34. The molecule has 3 N–H and O–H groups in total. The number of nitrogens with one attached hydrogen (secondary N) is 3. The highest BCUT2D eigenvalue weighted by Gasteiger charge is 2.19. The lowest BCUT2D eigenvalue weighted by Gasteiger charge is -2.19. The van der Waals surface area contributed by atoms with Crippen molar-refractivity contribution in [3.8, 4) is 0 Å². The number of amides is 2. The van der Waals surface area contributed by atoms with Gasteiger partial charge in [0.15, 0.2) is 0 Å². The fraction of sp³-hybridized carbons (Fsp3) is 0.364. The molecule has 144 valence electrons. The van der Waals surface area contributed by atoms with Crippen LogP contribution in [0.2, 0.25) is 0 Å². The zero-order chi connectivity index (χ0) is 19.5. The molecule has 0 saturated carbocycles. The van der Waals surface area contributed by atoms with Gasteiger partial charge in [0.05, 0.1) is 12.5 Å². The molecule has 27 heavy (non-hydrogen) atoms. The second kappa shape index (κ2) is 11.1. The van der Waals surface area contributed by atoms with Gasteiger partial charge in [0.2, 0.25) is 5.91 Å². The number of carbonyl (C=O) groups is 2. The van der Waals surface area contributed by atoms with Gasteiger partial charge in [-0.1, -0.05) is 55.0 Å². The van der Waals surface area contributed by atoms with E-state index in [9.17, 15) is 9.59 Å². The van der Waals surface area contributed by atoms with Crippen molar-refractivity contribution in [1.29, 1.82) is 0 Å². The normalized spacial score (nSPS) is 11.6. The van der Waals surface area contributed by atoms with Crippen molar-refractivity contribution in [3.63, 3.8) is 0 Å². The Bertz CT molecular complexity index is 714. The molecule has 0 heterocycles.